The summed E-state index contributed by atoms with van der Waals surface area (Å²) < 4.78 is 45.7. The summed E-state index contributed by atoms with van der Waals surface area (Å²) in [6, 6.07) is 5.23. The Bertz CT molecular complexity index is 1020. The molecule has 1 aromatic heterocycles. The largest absolute Gasteiger partial charge is 0.469 e. The molecule has 6 nitrogen and oxygen atoms in total. The lowest BCUT2D eigenvalue weighted by molar-refractivity contribution is -0.127. The minimum absolute atomic E-state index is 0.0403. The zero-order valence-corrected chi connectivity index (χ0v) is 17.3. The molecule has 0 bridgehead atoms. The van der Waals surface area contributed by atoms with Crippen LogP contribution in [0.5, 0.6) is 0 Å². The van der Waals surface area contributed by atoms with E-state index in [0.717, 1.165) is 42.7 Å². The van der Waals surface area contributed by atoms with Crippen molar-refractivity contribution in [3.05, 3.63) is 52.7 Å². The van der Waals surface area contributed by atoms with Crippen molar-refractivity contribution in [3.63, 3.8) is 0 Å². The molecule has 1 fully saturated rings. The molecule has 1 aliphatic heterocycles. The third kappa shape index (κ3) is 4.06. The van der Waals surface area contributed by atoms with Gasteiger partial charge in [-0.15, -0.1) is 0 Å². The van der Waals surface area contributed by atoms with E-state index in [4.69, 9.17) is 16.0 Å². The Labute approximate surface area is 174 Å². The van der Waals surface area contributed by atoms with E-state index in [9.17, 15) is 17.6 Å². The molecule has 0 spiro atoms. The van der Waals surface area contributed by atoms with Gasteiger partial charge in [0.05, 0.1) is 22.2 Å². The van der Waals surface area contributed by atoms with Gasteiger partial charge in [0, 0.05) is 31.0 Å². The molecule has 0 radical (unpaired) electrons. The van der Waals surface area contributed by atoms with Crippen molar-refractivity contribution in [1.82, 2.24) is 9.62 Å². The van der Waals surface area contributed by atoms with Crippen LogP contribution < -0.4 is 5.32 Å². The predicted octanol–water partition coefficient (Wildman–Crippen LogP) is 3.67. The topological polar surface area (TPSA) is 79.6 Å². The summed E-state index contributed by atoms with van der Waals surface area (Å²) in [6.45, 7) is 0.466. The van der Waals surface area contributed by atoms with E-state index in [1.54, 1.807) is 6.26 Å². The van der Waals surface area contributed by atoms with Gasteiger partial charge in [0.1, 0.15) is 11.6 Å². The van der Waals surface area contributed by atoms with Crippen LogP contribution in [0.4, 0.5) is 4.39 Å². The van der Waals surface area contributed by atoms with Crippen molar-refractivity contribution < 1.29 is 22.0 Å². The maximum atomic E-state index is 13.3. The number of nitrogens with one attached hydrogen (secondary N) is 1. The molecule has 4 rings (SSSR count). The number of piperidine rings is 1. The number of fused-ring (bicyclic) bond motifs is 1. The first-order valence-corrected chi connectivity index (χ1v) is 11.5. The average molecular weight is 441 g/mol. The Morgan fingerprint density at radius 1 is 1.21 bits per heavy atom. The number of sulfonamides is 1. The van der Waals surface area contributed by atoms with Gasteiger partial charge >= 0.3 is 0 Å². The Hall–Kier alpha value is -1.90. The number of rotatable bonds is 4. The molecule has 1 saturated heterocycles. The fourth-order valence-electron chi connectivity index (χ4n) is 4.07. The molecule has 2 heterocycles. The zero-order valence-electron chi connectivity index (χ0n) is 15.7. The van der Waals surface area contributed by atoms with Crippen molar-refractivity contribution >= 4 is 27.5 Å². The van der Waals surface area contributed by atoms with E-state index in [1.165, 1.54) is 10.4 Å². The summed E-state index contributed by atoms with van der Waals surface area (Å²) in [5.41, 5.74) is 1.04. The minimum Gasteiger partial charge on any atom is -0.469 e. The molecule has 1 aliphatic carbocycles. The van der Waals surface area contributed by atoms with Crippen LogP contribution in [-0.2, 0) is 21.2 Å². The van der Waals surface area contributed by atoms with Gasteiger partial charge in [0.25, 0.3) is 0 Å². The smallest absolute Gasteiger partial charge is 0.243 e. The standard InChI is InChI=1S/C20H22ClFN2O4S/c21-16-12-14(4-5-17(16)22)29(26,27)24-9-6-13(7-10-24)20(25)23-18-2-1-3-19-15(18)8-11-28-19/h4-5,8,11-13,18H,1-3,6-7,9-10H2,(H,23,25). The fourth-order valence-corrected chi connectivity index (χ4v) is 5.81. The number of amides is 1. The summed E-state index contributed by atoms with van der Waals surface area (Å²) in [4.78, 5) is 12.7. The van der Waals surface area contributed by atoms with Crippen molar-refractivity contribution in [2.45, 2.75) is 43.0 Å². The zero-order chi connectivity index (χ0) is 20.6. The number of carbonyl (C=O) groups excluding carboxylic acids is 1. The van der Waals surface area contributed by atoms with Crippen LogP contribution in [0.25, 0.3) is 0 Å². The molecule has 1 atom stereocenters. The second-order valence-electron chi connectivity index (χ2n) is 7.51. The average Bonchev–Trinajstić information content (AvgIpc) is 3.20. The quantitative estimate of drug-likeness (QED) is 0.786. The molecular weight excluding hydrogens is 419 g/mol. The Morgan fingerprint density at radius 3 is 2.69 bits per heavy atom. The summed E-state index contributed by atoms with van der Waals surface area (Å²) in [7, 11) is -3.77. The van der Waals surface area contributed by atoms with E-state index in [1.807, 2.05) is 6.07 Å². The molecule has 2 aliphatic rings. The number of aryl methyl sites for hydroxylation is 1. The van der Waals surface area contributed by atoms with Crippen LogP contribution in [-0.4, -0.2) is 31.7 Å². The Morgan fingerprint density at radius 2 is 1.97 bits per heavy atom. The van der Waals surface area contributed by atoms with Crippen LogP contribution in [0.2, 0.25) is 5.02 Å². The molecule has 1 aromatic carbocycles. The molecule has 0 saturated carbocycles. The van der Waals surface area contributed by atoms with Crippen LogP contribution in [0.3, 0.4) is 0 Å². The number of carbonyl (C=O) groups is 1. The first kappa shape index (κ1) is 20.4. The van der Waals surface area contributed by atoms with Crippen LogP contribution in [0.15, 0.2) is 39.8 Å². The number of furan rings is 1. The van der Waals surface area contributed by atoms with Crippen molar-refractivity contribution in [2.75, 3.05) is 13.1 Å². The number of halogens is 2. The molecule has 2 aromatic rings. The third-order valence-corrected chi connectivity index (χ3v) is 7.91. The predicted molar refractivity (Wildman–Crippen MR) is 105 cm³/mol. The highest BCUT2D eigenvalue weighted by Crippen LogP contribution is 2.32. The second-order valence-corrected chi connectivity index (χ2v) is 9.85. The van der Waals surface area contributed by atoms with Gasteiger partial charge in [0.15, 0.2) is 0 Å². The Balaban J connectivity index is 1.38. The molecule has 9 heteroatoms. The maximum Gasteiger partial charge on any atom is 0.243 e. The lowest BCUT2D eigenvalue weighted by Crippen LogP contribution is -2.44. The number of hydrogen-bond acceptors (Lipinski definition) is 4. The van der Waals surface area contributed by atoms with E-state index in [-0.39, 0.29) is 40.9 Å². The lowest BCUT2D eigenvalue weighted by atomic mass is 9.91. The molecule has 156 valence electrons. The number of nitrogens with zero attached hydrogens (tertiary/aromatic N) is 1. The SMILES string of the molecule is O=C(NC1CCCc2occc21)C1CCN(S(=O)(=O)c2ccc(F)c(Cl)c2)CC1. The Kier molecular flexibility index (Phi) is 5.68. The molecule has 1 N–H and O–H groups in total. The highest BCUT2D eigenvalue weighted by Gasteiger charge is 2.34. The van der Waals surface area contributed by atoms with E-state index in [2.05, 4.69) is 5.32 Å². The van der Waals surface area contributed by atoms with Crippen molar-refractivity contribution in [1.29, 1.82) is 0 Å². The monoisotopic (exact) mass is 440 g/mol. The summed E-state index contributed by atoms with van der Waals surface area (Å²) in [6.07, 6.45) is 5.24. The van der Waals surface area contributed by atoms with Crippen LogP contribution in [0.1, 0.15) is 43.0 Å². The summed E-state index contributed by atoms with van der Waals surface area (Å²) in [5, 5.41) is 2.87. The van der Waals surface area contributed by atoms with Gasteiger partial charge < -0.3 is 9.73 Å². The molecule has 29 heavy (non-hydrogen) atoms. The number of benzene rings is 1. The van der Waals surface area contributed by atoms with Gasteiger partial charge in [0.2, 0.25) is 15.9 Å². The first-order valence-electron chi connectivity index (χ1n) is 9.68. The van der Waals surface area contributed by atoms with Gasteiger partial charge in [-0.3, -0.25) is 4.79 Å². The minimum atomic E-state index is -3.77. The fraction of sp³-hybridized carbons (Fsp3) is 0.450. The van der Waals surface area contributed by atoms with Gasteiger partial charge in [-0.1, -0.05) is 11.6 Å². The summed E-state index contributed by atoms with van der Waals surface area (Å²) in [5.74, 6) is -0.0219. The molecule has 1 amide bonds. The number of hydrogen-bond donors (Lipinski definition) is 1. The molecular formula is C20H22ClFN2O4S. The van der Waals surface area contributed by atoms with Gasteiger partial charge in [-0.2, -0.15) is 4.31 Å². The van der Waals surface area contributed by atoms with Crippen molar-refractivity contribution in [2.24, 2.45) is 5.92 Å². The first-order chi connectivity index (χ1) is 13.9. The summed E-state index contributed by atoms with van der Waals surface area (Å²) >= 11 is 5.73. The van der Waals surface area contributed by atoms with Gasteiger partial charge in [-0.25, -0.2) is 12.8 Å². The van der Waals surface area contributed by atoms with Crippen LogP contribution >= 0.6 is 11.6 Å². The highest BCUT2D eigenvalue weighted by molar-refractivity contribution is 7.89. The lowest BCUT2D eigenvalue weighted by Gasteiger charge is -2.32. The van der Waals surface area contributed by atoms with Crippen molar-refractivity contribution in [3.8, 4) is 0 Å². The normalized spacial score (nSPS) is 21.0. The van der Waals surface area contributed by atoms with Gasteiger partial charge in [-0.05, 0) is 49.9 Å². The second kappa shape index (κ2) is 8.08. The van der Waals surface area contributed by atoms with E-state index >= 15 is 0 Å². The van der Waals surface area contributed by atoms with E-state index in [0.29, 0.717) is 12.8 Å². The third-order valence-electron chi connectivity index (χ3n) is 5.72. The van der Waals surface area contributed by atoms with E-state index < -0.39 is 15.8 Å². The highest BCUT2D eigenvalue weighted by atomic mass is 35.5. The van der Waals surface area contributed by atoms with Crippen LogP contribution in [0, 0.1) is 11.7 Å². The maximum absolute atomic E-state index is 13.3. The molecule has 1 unspecified atom stereocenters.